The molecule has 0 radical (unpaired) electrons. The number of aryl methyl sites for hydroxylation is 4. The lowest BCUT2D eigenvalue weighted by atomic mass is 9.94. The van der Waals surface area contributed by atoms with Crippen LogP contribution in [0.4, 0.5) is 0 Å². The summed E-state index contributed by atoms with van der Waals surface area (Å²) in [4.78, 5) is 0. The normalized spacial score (nSPS) is 16.1. The Morgan fingerprint density at radius 2 is 1.66 bits per heavy atom. The average Bonchev–Trinajstić information content (AvgIpc) is 3.30. The molecule has 0 aliphatic rings. The van der Waals surface area contributed by atoms with Crippen molar-refractivity contribution in [1.82, 2.24) is 4.40 Å². The van der Waals surface area contributed by atoms with E-state index >= 15 is 0 Å². The molecule has 6 rings (SSSR count). The molecule has 29 heavy (non-hydrogen) atoms. The predicted octanol–water partition coefficient (Wildman–Crippen LogP) is 6.25. The fraction of sp³-hybridized carbons (Fsp3) is 0.148. The summed E-state index contributed by atoms with van der Waals surface area (Å²) in [5.74, 6) is 0. The summed E-state index contributed by atoms with van der Waals surface area (Å²) in [5, 5.41) is 4.02. The van der Waals surface area contributed by atoms with Crippen molar-refractivity contribution in [3.63, 3.8) is 0 Å². The van der Waals surface area contributed by atoms with E-state index in [4.69, 9.17) is 8.22 Å². The number of hydrogen-bond donors (Lipinski definition) is 0. The predicted molar refractivity (Wildman–Crippen MR) is 122 cm³/mol. The van der Waals surface area contributed by atoms with Gasteiger partial charge < -0.3 is 4.40 Å². The zero-order chi connectivity index (χ0) is 24.9. The van der Waals surface area contributed by atoms with Crippen LogP contribution in [0.2, 0.25) is 0 Å². The number of pyridine rings is 1. The average molecular weight is 382 g/mol. The third kappa shape index (κ3) is 2.04. The van der Waals surface area contributed by atoms with Gasteiger partial charge in [0.25, 0.3) is 0 Å². The van der Waals surface area contributed by atoms with E-state index in [0.29, 0.717) is 11.1 Å². The van der Waals surface area contributed by atoms with Crippen molar-refractivity contribution in [3.05, 3.63) is 83.6 Å². The first-order valence-corrected chi connectivity index (χ1v) is 9.70. The van der Waals surface area contributed by atoms with E-state index in [1.54, 1.807) is 18.3 Å². The first kappa shape index (κ1) is 11.6. The Hall–Kier alpha value is -3.39. The maximum absolute atomic E-state index is 8.36. The minimum absolute atomic E-state index is 0.261. The van der Waals surface area contributed by atoms with Crippen molar-refractivity contribution in [2.24, 2.45) is 7.05 Å². The SMILES string of the molecule is [2H]C([2H])([2H])c1ccc(-c2c(C)cc(C([2H])([2H])[2H])c3c2c2cccc4c5ccccc5n3c42)[n+](C)c1. The number of benzene rings is 3. The van der Waals surface area contributed by atoms with Gasteiger partial charge in [0.05, 0.1) is 22.1 Å². The monoisotopic (exact) mass is 381 g/mol. The summed E-state index contributed by atoms with van der Waals surface area (Å²) in [7, 11) is 1.83. The Morgan fingerprint density at radius 3 is 2.48 bits per heavy atom. The molecule has 0 atom stereocenters. The number of aromatic nitrogens is 2. The zero-order valence-corrected chi connectivity index (χ0v) is 16.2. The molecule has 0 N–H and O–H groups in total. The maximum atomic E-state index is 8.36. The van der Waals surface area contributed by atoms with Gasteiger partial charge in [0.2, 0.25) is 5.69 Å². The highest BCUT2D eigenvalue weighted by Crippen LogP contribution is 2.44. The minimum atomic E-state index is -2.31. The molecule has 3 aromatic carbocycles. The molecule has 0 amide bonds. The summed E-state index contributed by atoms with van der Waals surface area (Å²) in [6.07, 6.45) is 1.64. The van der Waals surface area contributed by atoms with Gasteiger partial charge in [-0.1, -0.05) is 42.5 Å². The molecule has 0 unspecified atom stereocenters. The van der Waals surface area contributed by atoms with Gasteiger partial charge in [0.1, 0.15) is 7.05 Å². The van der Waals surface area contributed by atoms with E-state index in [1.807, 2.05) is 54.9 Å². The highest BCUT2D eigenvalue weighted by molar-refractivity contribution is 6.26. The fourth-order valence-corrected chi connectivity index (χ4v) is 4.95. The molecule has 6 aromatic rings. The number of hydrogen-bond acceptors (Lipinski definition) is 0. The van der Waals surface area contributed by atoms with Crippen molar-refractivity contribution in [2.75, 3.05) is 0 Å². The Bertz CT molecular complexity index is 1790. The molecule has 140 valence electrons. The summed E-state index contributed by atoms with van der Waals surface area (Å²) in [5.41, 5.74) is 5.80. The van der Waals surface area contributed by atoms with Gasteiger partial charge in [-0.25, -0.2) is 4.57 Å². The van der Waals surface area contributed by atoms with Crippen molar-refractivity contribution in [3.8, 4) is 11.3 Å². The third-order valence-corrected chi connectivity index (χ3v) is 6.07. The molecule has 0 saturated heterocycles. The first-order valence-electron chi connectivity index (χ1n) is 12.7. The number of rotatable bonds is 1. The van der Waals surface area contributed by atoms with Gasteiger partial charge in [-0.2, -0.15) is 0 Å². The molecular weight excluding hydrogens is 352 g/mol. The van der Waals surface area contributed by atoms with Crippen LogP contribution >= 0.6 is 0 Å². The largest absolute Gasteiger partial charge is 0.308 e. The van der Waals surface area contributed by atoms with Crippen LogP contribution in [0, 0.1) is 20.6 Å². The first-order chi connectivity index (χ1) is 16.5. The molecule has 0 aliphatic carbocycles. The lowest BCUT2D eigenvalue weighted by molar-refractivity contribution is -0.660. The molecule has 0 fully saturated rings. The van der Waals surface area contributed by atoms with Gasteiger partial charge in [0.15, 0.2) is 6.20 Å². The molecule has 0 aliphatic heterocycles. The van der Waals surface area contributed by atoms with Gasteiger partial charge in [0, 0.05) is 41.4 Å². The van der Waals surface area contributed by atoms with Crippen molar-refractivity contribution in [1.29, 1.82) is 0 Å². The van der Waals surface area contributed by atoms with Gasteiger partial charge >= 0.3 is 0 Å². The number of para-hydroxylation sites is 2. The van der Waals surface area contributed by atoms with Crippen LogP contribution in [-0.4, -0.2) is 4.40 Å². The molecule has 0 saturated carbocycles. The topological polar surface area (TPSA) is 8.29 Å². The smallest absolute Gasteiger partial charge is 0.213 e. The maximum Gasteiger partial charge on any atom is 0.213 e. The van der Waals surface area contributed by atoms with E-state index in [1.165, 1.54) is 0 Å². The van der Waals surface area contributed by atoms with Crippen molar-refractivity contribution < 1.29 is 12.8 Å². The van der Waals surface area contributed by atoms with Crippen LogP contribution in [0.15, 0.2) is 66.9 Å². The van der Waals surface area contributed by atoms with Crippen molar-refractivity contribution >= 4 is 38.1 Å². The van der Waals surface area contributed by atoms with E-state index in [0.717, 1.165) is 49.4 Å². The summed E-state index contributed by atoms with van der Waals surface area (Å²) in [6, 6.07) is 19.4. The second kappa shape index (κ2) is 5.57. The molecule has 3 aromatic heterocycles. The van der Waals surface area contributed by atoms with E-state index in [2.05, 4.69) is 16.5 Å². The number of fused-ring (bicyclic) bond motifs is 6. The van der Waals surface area contributed by atoms with Crippen LogP contribution in [-0.2, 0) is 7.05 Å². The molecule has 0 spiro atoms. The van der Waals surface area contributed by atoms with Gasteiger partial charge in [-0.15, -0.1) is 0 Å². The minimum Gasteiger partial charge on any atom is -0.308 e. The van der Waals surface area contributed by atoms with Crippen LogP contribution < -0.4 is 4.57 Å². The summed E-state index contributed by atoms with van der Waals surface area (Å²) in [6.45, 7) is -2.59. The molecular formula is C27H23N2+. The lowest BCUT2D eigenvalue weighted by Gasteiger charge is -2.11. The molecule has 2 heteroatoms. The van der Waals surface area contributed by atoms with Crippen LogP contribution in [0.3, 0.4) is 0 Å². The van der Waals surface area contributed by atoms with Crippen LogP contribution in [0.5, 0.6) is 0 Å². The molecule has 2 nitrogen and oxygen atoms in total. The van der Waals surface area contributed by atoms with E-state index < -0.39 is 13.7 Å². The zero-order valence-electron chi connectivity index (χ0n) is 22.2. The standard InChI is InChI=1S/C27H23N2/c1-16-12-13-23(28(4)15-16)24-17(2)14-18(3)26-25(24)21-10-7-9-20-19-8-5-6-11-22(19)29(26)27(20)21/h5-15H,1-4H3/q+1/i1D3,3D3. The van der Waals surface area contributed by atoms with Crippen LogP contribution in [0.1, 0.15) is 24.9 Å². The quantitative estimate of drug-likeness (QED) is 0.297. The van der Waals surface area contributed by atoms with E-state index in [-0.39, 0.29) is 5.56 Å². The van der Waals surface area contributed by atoms with E-state index in [9.17, 15) is 0 Å². The Morgan fingerprint density at radius 1 is 0.828 bits per heavy atom. The highest BCUT2D eigenvalue weighted by atomic mass is 14.9. The van der Waals surface area contributed by atoms with Crippen LogP contribution in [0.25, 0.3) is 49.4 Å². The summed E-state index contributed by atoms with van der Waals surface area (Å²) < 4.78 is 52.4. The second-order valence-corrected chi connectivity index (χ2v) is 7.81. The Balaban J connectivity index is 1.86. The number of nitrogens with zero attached hydrogens (tertiary/aromatic N) is 2. The summed E-state index contributed by atoms with van der Waals surface area (Å²) >= 11 is 0. The Labute approximate surface area is 178 Å². The highest BCUT2D eigenvalue weighted by Gasteiger charge is 2.24. The van der Waals surface area contributed by atoms with Crippen molar-refractivity contribution in [2.45, 2.75) is 20.6 Å². The Kier molecular flexibility index (Phi) is 2.22. The third-order valence-electron chi connectivity index (χ3n) is 6.07. The van der Waals surface area contributed by atoms with Gasteiger partial charge in [-0.3, -0.25) is 0 Å². The van der Waals surface area contributed by atoms with Gasteiger partial charge in [-0.05, 0) is 43.9 Å². The molecule has 0 bridgehead atoms. The second-order valence-electron chi connectivity index (χ2n) is 7.81. The molecule has 3 heterocycles. The fourth-order valence-electron chi connectivity index (χ4n) is 4.95. The lowest BCUT2D eigenvalue weighted by Crippen LogP contribution is -2.31.